The predicted molar refractivity (Wildman–Crippen MR) is 185 cm³/mol. The summed E-state index contributed by atoms with van der Waals surface area (Å²) in [6.07, 6.45) is 21.8. The molecule has 0 nitrogen and oxygen atoms in total. The number of allylic oxidation sites excluding steroid dienone is 2. The van der Waals surface area contributed by atoms with Gasteiger partial charge >= 0.3 is 0 Å². The van der Waals surface area contributed by atoms with E-state index in [4.69, 9.17) is 0 Å². The lowest BCUT2D eigenvalue weighted by Crippen LogP contribution is -2.23. The van der Waals surface area contributed by atoms with Gasteiger partial charge in [-0.3, -0.25) is 0 Å². The van der Waals surface area contributed by atoms with Crippen LogP contribution in [0.25, 0.3) is 27.8 Å². The highest BCUT2D eigenvalue weighted by molar-refractivity contribution is 5.74. The van der Waals surface area contributed by atoms with Crippen molar-refractivity contribution in [1.29, 1.82) is 0 Å². The van der Waals surface area contributed by atoms with E-state index in [1.165, 1.54) is 64.2 Å². The monoisotopic (exact) mass is 632 g/mol. The Bertz CT molecular complexity index is 1450. The van der Waals surface area contributed by atoms with Crippen LogP contribution in [-0.4, -0.2) is 0 Å². The van der Waals surface area contributed by atoms with E-state index in [1.54, 1.807) is 48.5 Å². The summed E-state index contributed by atoms with van der Waals surface area (Å²) >= 11 is 0. The number of hydrogen-bond acceptors (Lipinski definition) is 0. The molecule has 0 N–H and O–H groups in total. The predicted octanol–water partition coefficient (Wildman–Crippen LogP) is 13.7. The zero-order valence-electron chi connectivity index (χ0n) is 28.0. The first-order chi connectivity index (χ1) is 22.4. The fraction of sp³-hybridized carbons (Fsp3) is 0.524. The van der Waals surface area contributed by atoms with E-state index in [9.17, 15) is 8.78 Å². The standard InChI is InChI=1S/C42H52F4/c1-3-5-7-8-10-11-29-13-15-30(16-14-29)31-17-19-32(20-18-31)37-27-28-38(42(46)41(37)45)34-23-21-33(22-24-34)36-26-25-35(12-9-6-4-2)39(43)40(36)44/h19,21-31H,3-18,20H2,1-2H3. The summed E-state index contributed by atoms with van der Waals surface area (Å²) in [5.74, 6) is -1.04. The van der Waals surface area contributed by atoms with E-state index in [2.05, 4.69) is 19.9 Å². The second kappa shape index (κ2) is 16.8. The zero-order chi connectivity index (χ0) is 32.5. The Morgan fingerprint density at radius 3 is 1.74 bits per heavy atom. The molecule has 0 saturated heterocycles. The topological polar surface area (TPSA) is 0 Å². The van der Waals surface area contributed by atoms with Crippen molar-refractivity contribution in [2.24, 2.45) is 17.8 Å². The summed E-state index contributed by atoms with van der Waals surface area (Å²) in [7, 11) is 0. The molecule has 0 amide bonds. The van der Waals surface area contributed by atoms with Gasteiger partial charge < -0.3 is 0 Å². The van der Waals surface area contributed by atoms with Crippen molar-refractivity contribution in [2.75, 3.05) is 0 Å². The number of rotatable bonds is 14. The molecule has 0 heterocycles. The Morgan fingerprint density at radius 2 is 1.11 bits per heavy atom. The third kappa shape index (κ3) is 8.33. The van der Waals surface area contributed by atoms with E-state index in [0.29, 0.717) is 34.6 Å². The molecule has 46 heavy (non-hydrogen) atoms. The second-order valence-electron chi connectivity index (χ2n) is 14.0. The van der Waals surface area contributed by atoms with Gasteiger partial charge in [0.15, 0.2) is 23.3 Å². The molecular weight excluding hydrogens is 580 g/mol. The fourth-order valence-electron chi connectivity index (χ4n) is 7.93. The highest BCUT2D eigenvalue weighted by atomic mass is 19.2. The summed E-state index contributed by atoms with van der Waals surface area (Å²) in [6.45, 7) is 4.34. The lowest BCUT2D eigenvalue weighted by Gasteiger charge is -2.35. The van der Waals surface area contributed by atoms with Gasteiger partial charge in [0.05, 0.1) is 0 Å². The minimum absolute atomic E-state index is 0.165. The van der Waals surface area contributed by atoms with Gasteiger partial charge in [-0.25, -0.2) is 17.6 Å². The number of aryl methyl sites for hydroxylation is 1. The minimum atomic E-state index is -0.868. The molecule has 248 valence electrons. The highest BCUT2D eigenvalue weighted by Gasteiger charge is 2.29. The first kappa shape index (κ1) is 34.5. The van der Waals surface area contributed by atoms with Crippen molar-refractivity contribution in [3.05, 3.63) is 89.0 Å². The summed E-state index contributed by atoms with van der Waals surface area (Å²) in [5.41, 5.74) is 2.98. The van der Waals surface area contributed by atoms with Crippen LogP contribution in [0, 0.1) is 41.0 Å². The van der Waals surface area contributed by atoms with Crippen molar-refractivity contribution < 1.29 is 17.6 Å². The Hall–Kier alpha value is -2.88. The molecule has 3 aromatic rings. The van der Waals surface area contributed by atoms with E-state index in [-0.39, 0.29) is 11.1 Å². The minimum Gasteiger partial charge on any atom is -0.203 e. The third-order valence-corrected chi connectivity index (χ3v) is 10.9. The molecule has 0 radical (unpaired) electrons. The van der Waals surface area contributed by atoms with Crippen LogP contribution >= 0.6 is 0 Å². The normalized spacial score (nSPS) is 20.1. The van der Waals surface area contributed by atoms with Gasteiger partial charge in [0.2, 0.25) is 0 Å². The van der Waals surface area contributed by atoms with Gasteiger partial charge in [-0.05, 0) is 85.0 Å². The molecular formula is C42H52F4. The van der Waals surface area contributed by atoms with Gasteiger partial charge in [0.1, 0.15) is 0 Å². The molecule has 0 spiro atoms. The lowest BCUT2D eigenvalue weighted by atomic mass is 9.70. The summed E-state index contributed by atoms with van der Waals surface area (Å²) in [6, 6.07) is 13.2. The maximum atomic E-state index is 15.5. The van der Waals surface area contributed by atoms with Gasteiger partial charge in [-0.1, -0.05) is 133 Å². The SMILES string of the molecule is CCCCCCCC1CCC(C2CC=C(c3ccc(-c4ccc(-c5ccc(CCCCC)c(F)c5F)cc4)c(F)c3F)CC2)CC1. The first-order valence-corrected chi connectivity index (χ1v) is 18.2. The van der Waals surface area contributed by atoms with Crippen LogP contribution in [0.1, 0.15) is 128 Å². The van der Waals surface area contributed by atoms with Gasteiger partial charge in [-0.15, -0.1) is 0 Å². The van der Waals surface area contributed by atoms with Crippen LogP contribution in [0.4, 0.5) is 17.6 Å². The molecule has 0 bridgehead atoms. The largest absolute Gasteiger partial charge is 0.203 e. The summed E-state index contributed by atoms with van der Waals surface area (Å²) in [5, 5.41) is 0. The average molecular weight is 633 g/mol. The van der Waals surface area contributed by atoms with Crippen LogP contribution in [0.5, 0.6) is 0 Å². The number of halogens is 4. The Balaban J connectivity index is 1.19. The Morgan fingerprint density at radius 1 is 0.543 bits per heavy atom. The summed E-state index contributed by atoms with van der Waals surface area (Å²) < 4.78 is 60.6. The van der Waals surface area contributed by atoms with E-state index in [0.717, 1.165) is 55.9 Å². The molecule has 1 atom stereocenters. The zero-order valence-corrected chi connectivity index (χ0v) is 28.0. The van der Waals surface area contributed by atoms with Gasteiger partial charge in [-0.2, -0.15) is 0 Å². The molecule has 0 aromatic heterocycles. The van der Waals surface area contributed by atoms with Crippen LogP contribution in [-0.2, 0) is 6.42 Å². The fourth-order valence-corrected chi connectivity index (χ4v) is 7.93. The maximum Gasteiger partial charge on any atom is 0.167 e. The smallest absolute Gasteiger partial charge is 0.167 e. The third-order valence-electron chi connectivity index (χ3n) is 10.9. The number of benzene rings is 3. The highest BCUT2D eigenvalue weighted by Crippen LogP contribution is 2.43. The van der Waals surface area contributed by atoms with Crippen LogP contribution in [0.2, 0.25) is 0 Å². The molecule has 5 rings (SSSR count). The van der Waals surface area contributed by atoms with E-state index in [1.807, 2.05) is 0 Å². The first-order valence-electron chi connectivity index (χ1n) is 18.2. The quantitative estimate of drug-likeness (QED) is 0.123. The molecule has 2 aliphatic carbocycles. The van der Waals surface area contributed by atoms with Crippen molar-refractivity contribution >= 4 is 5.57 Å². The van der Waals surface area contributed by atoms with Crippen molar-refractivity contribution in [1.82, 2.24) is 0 Å². The molecule has 4 heteroatoms. The van der Waals surface area contributed by atoms with Crippen LogP contribution in [0.3, 0.4) is 0 Å². The van der Waals surface area contributed by atoms with E-state index >= 15 is 8.78 Å². The lowest BCUT2D eigenvalue weighted by molar-refractivity contribution is 0.187. The molecule has 1 fully saturated rings. The number of unbranched alkanes of at least 4 members (excludes halogenated alkanes) is 6. The Kier molecular flexibility index (Phi) is 12.6. The number of hydrogen-bond donors (Lipinski definition) is 0. The van der Waals surface area contributed by atoms with Crippen molar-refractivity contribution in [2.45, 2.75) is 123 Å². The second-order valence-corrected chi connectivity index (χ2v) is 14.0. The summed E-state index contributed by atoms with van der Waals surface area (Å²) in [4.78, 5) is 0. The molecule has 2 aliphatic rings. The van der Waals surface area contributed by atoms with Gasteiger partial charge in [0, 0.05) is 16.7 Å². The molecule has 3 aromatic carbocycles. The molecule has 0 aliphatic heterocycles. The van der Waals surface area contributed by atoms with Crippen molar-refractivity contribution in [3.63, 3.8) is 0 Å². The van der Waals surface area contributed by atoms with Crippen LogP contribution in [0.15, 0.2) is 54.6 Å². The van der Waals surface area contributed by atoms with Crippen molar-refractivity contribution in [3.8, 4) is 22.3 Å². The maximum absolute atomic E-state index is 15.5. The van der Waals surface area contributed by atoms with Crippen LogP contribution < -0.4 is 0 Å². The van der Waals surface area contributed by atoms with E-state index < -0.39 is 23.3 Å². The Labute approximate surface area is 274 Å². The van der Waals surface area contributed by atoms with Gasteiger partial charge in [0.25, 0.3) is 0 Å². The molecule has 1 unspecified atom stereocenters. The molecule has 1 saturated carbocycles. The average Bonchev–Trinajstić information content (AvgIpc) is 3.08.